The highest BCUT2D eigenvalue weighted by molar-refractivity contribution is 7.99. The molecule has 1 amide bonds. The summed E-state index contributed by atoms with van der Waals surface area (Å²) < 4.78 is 0. The van der Waals surface area contributed by atoms with E-state index in [-0.39, 0.29) is 5.91 Å². The number of amides is 1. The molecule has 3 N–H and O–H groups in total. The van der Waals surface area contributed by atoms with E-state index in [9.17, 15) is 4.79 Å². The SMILES string of the molecule is Cc1ccc(C)c(SCCC(=O)Nc2cccc(N)c2)c1. The molecule has 0 aliphatic carbocycles. The number of aryl methyl sites for hydroxylation is 2. The van der Waals surface area contributed by atoms with E-state index in [1.165, 1.54) is 16.0 Å². The standard InChI is InChI=1S/C17H20N2OS/c1-12-6-7-13(2)16(10-12)21-9-8-17(20)19-15-5-3-4-14(18)11-15/h3-7,10-11H,8-9,18H2,1-2H3,(H,19,20). The largest absolute Gasteiger partial charge is 0.399 e. The Balaban J connectivity index is 1.83. The predicted octanol–water partition coefficient (Wildman–Crippen LogP) is 4.01. The predicted molar refractivity (Wildman–Crippen MR) is 90.7 cm³/mol. The van der Waals surface area contributed by atoms with Crippen LogP contribution < -0.4 is 11.1 Å². The summed E-state index contributed by atoms with van der Waals surface area (Å²) in [7, 11) is 0. The normalized spacial score (nSPS) is 10.4. The maximum absolute atomic E-state index is 11.9. The molecule has 0 atom stereocenters. The fourth-order valence-electron chi connectivity index (χ4n) is 1.96. The zero-order valence-corrected chi connectivity index (χ0v) is 13.2. The lowest BCUT2D eigenvalue weighted by molar-refractivity contribution is -0.115. The van der Waals surface area contributed by atoms with Crippen LogP contribution in [0.5, 0.6) is 0 Å². The minimum atomic E-state index is 0.0124. The van der Waals surface area contributed by atoms with Crippen molar-refractivity contribution in [1.82, 2.24) is 0 Å². The van der Waals surface area contributed by atoms with Gasteiger partial charge < -0.3 is 11.1 Å². The van der Waals surface area contributed by atoms with Gasteiger partial charge in [0.2, 0.25) is 5.91 Å². The molecule has 0 saturated heterocycles. The number of benzene rings is 2. The van der Waals surface area contributed by atoms with Gasteiger partial charge in [-0.2, -0.15) is 0 Å². The highest BCUT2D eigenvalue weighted by Crippen LogP contribution is 2.24. The third-order valence-electron chi connectivity index (χ3n) is 3.10. The summed E-state index contributed by atoms with van der Waals surface area (Å²) in [5.74, 6) is 0.775. The van der Waals surface area contributed by atoms with E-state index >= 15 is 0 Å². The van der Waals surface area contributed by atoms with Crippen LogP contribution in [0.2, 0.25) is 0 Å². The Hall–Kier alpha value is -1.94. The van der Waals surface area contributed by atoms with Gasteiger partial charge in [0.05, 0.1) is 0 Å². The van der Waals surface area contributed by atoms with E-state index in [0.29, 0.717) is 12.1 Å². The van der Waals surface area contributed by atoms with Crippen LogP contribution in [0.1, 0.15) is 17.5 Å². The Labute approximate surface area is 129 Å². The molecule has 110 valence electrons. The molecule has 0 heterocycles. The maximum Gasteiger partial charge on any atom is 0.225 e. The van der Waals surface area contributed by atoms with Gasteiger partial charge in [0.1, 0.15) is 0 Å². The average Bonchev–Trinajstić information content (AvgIpc) is 2.42. The monoisotopic (exact) mass is 300 g/mol. The second-order valence-corrected chi connectivity index (χ2v) is 6.18. The summed E-state index contributed by atoms with van der Waals surface area (Å²) in [6, 6.07) is 13.6. The molecule has 0 bridgehead atoms. The Bertz CT molecular complexity index is 640. The summed E-state index contributed by atoms with van der Waals surface area (Å²) in [6.07, 6.45) is 0.479. The van der Waals surface area contributed by atoms with Crippen molar-refractivity contribution in [2.75, 3.05) is 16.8 Å². The number of hydrogen-bond donors (Lipinski definition) is 2. The first-order chi connectivity index (χ1) is 10.0. The topological polar surface area (TPSA) is 55.1 Å². The van der Waals surface area contributed by atoms with Crippen molar-refractivity contribution in [2.45, 2.75) is 25.2 Å². The molecule has 2 aromatic carbocycles. The smallest absolute Gasteiger partial charge is 0.225 e. The number of nitrogen functional groups attached to an aromatic ring is 1. The van der Waals surface area contributed by atoms with Gasteiger partial charge in [-0.15, -0.1) is 11.8 Å². The van der Waals surface area contributed by atoms with Crippen molar-refractivity contribution in [3.05, 3.63) is 53.6 Å². The van der Waals surface area contributed by atoms with Crippen LogP contribution >= 0.6 is 11.8 Å². The van der Waals surface area contributed by atoms with Gasteiger partial charge in [-0.3, -0.25) is 4.79 Å². The molecule has 0 saturated carbocycles. The molecule has 0 aliphatic heterocycles. The van der Waals surface area contributed by atoms with E-state index in [0.717, 1.165) is 11.4 Å². The van der Waals surface area contributed by atoms with Crippen LogP contribution in [0.25, 0.3) is 0 Å². The van der Waals surface area contributed by atoms with E-state index in [2.05, 4.69) is 37.4 Å². The molecule has 0 aromatic heterocycles. The van der Waals surface area contributed by atoms with Crippen LogP contribution in [-0.4, -0.2) is 11.7 Å². The molecular formula is C17H20N2OS. The van der Waals surface area contributed by atoms with Crippen LogP contribution in [0.15, 0.2) is 47.4 Å². The van der Waals surface area contributed by atoms with Crippen molar-refractivity contribution < 1.29 is 4.79 Å². The summed E-state index contributed by atoms with van der Waals surface area (Å²) >= 11 is 1.72. The number of nitrogens with two attached hydrogens (primary N) is 1. The number of rotatable bonds is 5. The van der Waals surface area contributed by atoms with Crippen molar-refractivity contribution in [1.29, 1.82) is 0 Å². The average molecular weight is 300 g/mol. The van der Waals surface area contributed by atoms with E-state index in [1.807, 2.05) is 12.1 Å². The molecule has 0 radical (unpaired) electrons. The number of carbonyl (C=O) groups is 1. The van der Waals surface area contributed by atoms with Gasteiger partial charge >= 0.3 is 0 Å². The molecular weight excluding hydrogens is 280 g/mol. The molecule has 0 unspecified atom stereocenters. The fourth-order valence-corrected chi connectivity index (χ4v) is 3.03. The molecule has 0 fully saturated rings. The molecule has 3 nitrogen and oxygen atoms in total. The Morgan fingerprint density at radius 1 is 1.19 bits per heavy atom. The molecule has 2 rings (SSSR count). The van der Waals surface area contributed by atoms with Crippen molar-refractivity contribution in [2.24, 2.45) is 0 Å². The molecule has 2 aromatic rings. The van der Waals surface area contributed by atoms with E-state index in [1.54, 1.807) is 23.9 Å². The summed E-state index contributed by atoms with van der Waals surface area (Å²) in [4.78, 5) is 13.1. The van der Waals surface area contributed by atoms with Crippen LogP contribution in [-0.2, 0) is 4.79 Å². The quantitative estimate of drug-likeness (QED) is 0.648. The van der Waals surface area contributed by atoms with Gasteiger partial charge in [0.25, 0.3) is 0 Å². The van der Waals surface area contributed by atoms with Crippen molar-refractivity contribution in [3.63, 3.8) is 0 Å². The minimum Gasteiger partial charge on any atom is -0.399 e. The zero-order valence-electron chi connectivity index (χ0n) is 12.3. The summed E-state index contributed by atoms with van der Waals surface area (Å²) in [5.41, 5.74) is 9.58. The maximum atomic E-state index is 11.9. The van der Waals surface area contributed by atoms with Gasteiger partial charge in [0.15, 0.2) is 0 Å². The zero-order chi connectivity index (χ0) is 15.2. The molecule has 21 heavy (non-hydrogen) atoms. The number of nitrogens with one attached hydrogen (secondary N) is 1. The minimum absolute atomic E-state index is 0.0124. The first-order valence-corrected chi connectivity index (χ1v) is 7.88. The van der Waals surface area contributed by atoms with E-state index < -0.39 is 0 Å². The second kappa shape index (κ2) is 7.18. The lowest BCUT2D eigenvalue weighted by atomic mass is 10.2. The highest BCUT2D eigenvalue weighted by atomic mass is 32.2. The Morgan fingerprint density at radius 2 is 2.00 bits per heavy atom. The second-order valence-electron chi connectivity index (χ2n) is 5.04. The number of carbonyl (C=O) groups excluding carboxylic acids is 1. The fraction of sp³-hybridized carbons (Fsp3) is 0.235. The number of thioether (sulfide) groups is 1. The summed E-state index contributed by atoms with van der Waals surface area (Å²) in [6.45, 7) is 4.17. The lowest BCUT2D eigenvalue weighted by Crippen LogP contribution is -2.12. The molecule has 0 aliphatic rings. The van der Waals surface area contributed by atoms with Gasteiger partial charge in [-0.1, -0.05) is 23.8 Å². The Kier molecular flexibility index (Phi) is 5.28. The van der Waals surface area contributed by atoms with Crippen LogP contribution in [0.3, 0.4) is 0 Å². The van der Waals surface area contributed by atoms with Crippen molar-refractivity contribution >= 4 is 29.0 Å². The number of anilines is 2. The molecule has 0 spiro atoms. The van der Waals surface area contributed by atoms with Crippen LogP contribution in [0, 0.1) is 13.8 Å². The van der Waals surface area contributed by atoms with E-state index in [4.69, 9.17) is 5.73 Å². The first-order valence-electron chi connectivity index (χ1n) is 6.90. The third-order valence-corrected chi connectivity index (χ3v) is 4.26. The van der Waals surface area contributed by atoms with Gasteiger partial charge in [0, 0.05) is 28.4 Å². The van der Waals surface area contributed by atoms with Crippen LogP contribution in [0.4, 0.5) is 11.4 Å². The Morgan fingerprint density at radius 3 is 2.76 bits per heavy atom. The summed E-state index contributed by atoms with van der Waals surface area (Å²) in [5, 5.41) is 2.86. The number of hydrogen-bond acceptors (Lipinski definition) is 3. The lowest BCUT2D eigenvalue weighted by Gasteiger charge is -2.08. The first kappa shape index (κ1) is 15.4. The van der Waals surface area contributed by atoms with Gasteiger partial charge in [-0.25, -0.2) is 0 Å². The molecule has 4 heteroatoms. The highest BCUT2D eigenvalue weighted by Gasteiger charge is 2.05. The van der Waals surface area contributed by atoms with Crippen molar-refractivity contribution in [3.8, 4) is 0 Å². The third kappa shape index (κ3) is 4.83. The van der Waals surface area contributed by atoms with Gasteiger partial charge in [-0.05, 0) is 43.7 Å².